The van der Waals surface area contributed by atoms with E-state index in [0.29, 0.717) is 0 Å². The minimum absolute atomic E-state index is 0.000385. The van der Waals surface area contributed by atoms with Gasteiger partial charge in [-0.25, -0.2) is 87.8 Å². The third kappa shape index (κ3) is 7.26. The molecule has 0 atom stereocenters. The summed E-state index contributed by atoms with van der Waals surface area (Å²) in [5, 5.41) is 0. The SMILES string of the molecule is C=Cc1ccc([I+]c2ccc(C=C)s2)s1.Fc1c(F)c(F)c([B-](c2c(F)c(F)c(F)c(F)c2F)(c2c(F)c(F)c(F)c(F)c2F)c2c(F)c(F)c(F)c(F)c2F)c(F)c1F. The third-order valence-corrected chi connectivity index (χ3v) is 14.4. The fourth-order valence-electron chi connectivity index (χ4n) is 5.94. The molecule has 0 spiro atoms. The molecule has 0 saturated carbocycles. The van der Waals surface area contributed by atoms with E-state index in [1.165, 1.54) is 15.5 Å². The van der Waals surface area contributed by atoms with Crippen LogP contribution in [-0.2, 0) is 0 Å². The maximum atomic E-state index is 15.4. The van der Waals surface area contributed by atoms with Gasteiger partial charge in [-0.3, -0.25) is 0 Å². The lowest BCUT2D eigenvalue weighted by Crippen LogP contribution is -3.61. The summed E-state index contributed by atoms with van der Waals surface area (Å²) in [7, 11) is 0. The second-order valence-corrected chi connectivity index (χ2v) is 18.1. The van der Waals surface area contributed by atoms with Crippen molar-refractivity contribution >= 4 is 62.8 Å². The highest BCUT2D eigenvalue weighted by Gasteiger charge is 2.52. The Morgan fingerprint density at radius 2 is 0.500 bits per heavy atom. The van der Waals surface area contributed by atoms with E-state index in [2.05, 4.69) is 37.4 Å². The average Bonchev–Trinajstić information content (AvgIpc) is 3.90. The van der Waals surface area contributed by atoms with Crippen LogP contribution in [0.4, 0.5) is 87.8 Å². The number of hydrogen-bond donors (Lipinski definition) is 0. The van der Waals surface area contributed by atoms with E-state index in [9.17, 15) is 52.7 Å². The zero-order valence-corrected chi connectivity index (χ0v) is 32.0. The molecule has 0 amide bonds. The molecule has 2 aromatic heterocycles. The van der Waals surface area contributed by atoms with Gasteiger partial charge in [0.05, 0.1) is 0 Å². The molecular formula is C36H10BF20IS2. The molecule has 2 heterocycles. The fraction of sp³-hybridized carbons (Fsp3) is 0. The second-order valence-electron chi connectivity index (χ2n) is 11.6. The van der Waals surface area contributed by atoms with Gasteiger partial charge in [-0.1, -0.05) is 48.0 Å². The van der Waals surface area contributed by atoms with Crippen molar-refractivity contribution in [3.05, 3.63) is 169 Å². The molecule has 0 aliphatic rings. The molecule has 6 aromatic rings. The molecule has 0 N–H and O–H groups in total. The normalized spacial score (nSPS) is 11.5. The predicted octanol–water partition coefficient (Wildman–Crippen LogP) is 7.07. The summed E-state index contributed by atoms with van der Waals surface area (Å²) in [5.41, 5.74) is -14.3. The molecule has 0 unspecified atom stereocenters. The highest BCUT2D eigenvalue weighted by molar-refractivity contribution is 7.20. The van der Waals surface area contributed by atoms with E-state index in [4.69, 9.17) is 0 Å². The van der Waals surface area contributed by atoms with Crippen LogP contribution in [0.1, 0.15) is 9.75 Å². The zero-order chi connectivity index (χ0) is 45.0. The number of benzene rings is 4. The van der Waals surface area contributed by atoms with E-state index < -0.39 is 144 Å². The topological polar surface area (TPSA) is 0 Å². The third-order valence-electron chi connectivity index (χ3n) is 8.48. The van der Waals surface area contributed by atoms with Gasteiger partial charge in [-0.05, 0) is 12.1 Å². The molecule has 0 fully saturated rings. The van der Waals surface area contributed by atoms with Gasteiger partial charge < -0.3 is 0 Å². The fourth-order valence-corrected chi connectivity index (χ4v) is 12.1. The van der Waals surface area contributed by atoms with Crippen LogP contribution < -0.4 is 43.1 Å². The molecule has 0 bridgehead atoms. The van der Waals surface area contributed by atoms with E-state index in [-0.39, 0.29) is 21.2 Å². The molecular weight excluding hydrogens is 1010 g/mol. The minimum Gasteiger partial charge on any atom is -0.207 e. The Morgan fingerprint density at radius 3 is 0.667 bits per heavy atom. The van der Waals surface area contributed by atoms with Crippen molar-refractivity contribution in [2.75, 3.05) is 0 Å². The summed E-state index contributed by atoms with van der Waals surface area (Å²) >= 11 is 3.71. The highest BCUT2D eigenvalue weighted by atomic mass is 127. The first-order valence-electron chi connectivity index (χ1n) is 15.3. The Bertz CT molecular complexity index is 2320. The monoisotopic (exact) mass is 1020 g/mol. The summed E-state index contributed by atoms with van der Waals surface area (Å²) in [6.45, 7) is 7.56. The quantitative estimate of drug-likeness (QED) is 0.0504. The van der Waals surface area contributed by atoms with E-state index in [1.54, 1.807) is 0 Å². The number of hydrogen-bond acceptors (Lipinski definition) is 2. The maximum Gasteiger partial charge on any atom is 0.381 e. The predicted molar refractivity (Wildman–Crippen MR) is 175 cm³/mol. The van der Waals surface area contributed by atoms with E-state index in [0.717, 1.165) is 0 Å². The van der Waals surface area contributed by atoms with Crippen molar-refractivity contribution in [3.63, 3.8) is 0 Å². The largest absolute Gasteiger partial charge is 0.381 e. The van der Waals surface area contributed by atoms with Gasteiger partial charge in [0.25, 0.3) is 0 Å². The van der Waals surface area contributed by atoms with Gasteiger partial charge in [0.15, 0.2) is 69.8 Å². The average molecular weight is 1020 g/mol. The van der Waals surface area contributed by atoms with Crippen LogP contribution in [0, 0.1) is 122 Å². The lowest BCUT2D eigenvalue weighted by Gasteiger charge is -2.44. The van der Waals surface area contributed by atoms with E-state index in [1.807, 2.05) is 34.8 Å². The molecule has 6 rings (SSSR count). The Hall–Kier alpha value is -4.85. The van der Waals surface area contributed by atoms with Crippen molar-refractivity contribution in [2.24, 2.45) is 0 Å². The van der Waals surface area contributed by atoms with Gasteiger partial charge in [-0.15, -0.1) is 21.9 Å². The molecule has 60 heavy (non-hydrogen) atoms. The smallest absolute Gasteiger partial charge is 0.207 e. The maximum absolute atomic E-state index is 15.4. The summed E-state index contributed by atoms with van der Waals surface area (Å²) in [5.74, 6) is -71.4. The molecule has 316 valence electrons. The molecule has 0 aliphatic carbocycles. The van der Waals surface area contributed by atoms with Gasteiger partial charge in [0.1, 0.15) is 52.7 Å². The molecule has 0 radical (unpaired) electrons. The first-order chi connectivity index (χ1) is 28.0. The first kappa shape index (κ1) is 46.2. The molecule has 4 aromatic carbocycles. The number of halogens is 21. The molecule has 0 aliphatic heterocycles. The van der Waals surface area contributed by atoms with Crippen LogP contribution in [0.3, 0.4) is 0 Å². The van der Waals surface area contributed by atoms with Crippen LogP contribution in [-0.4, -0.2) is 6.15 Å². The van der Waals surface area contributed by atoms with Crippen molar-refractivity contribution in [1.29, 1.82) is 0 Å². The lowest BCUT2D eigenvalue weighted by molar-refractivity contribution is -0.585. The van der Waals surface area contributed by atoms with Crippen molar-refractivity contribution < 1.29 is 109 Å². The standard InChI is InChI=1S/C24BF20.C12H10IS2/c26-5-1(6(27)14(35)21(42)13(5)34)25(2-7(28)15(36)22(43)16(37)8(2)29,3-9(30)17(38)23(44)18(39)10(3)31)4-11(32)19(40)24(45)20(41)12(4)33;1-3-9-5-7-11(14-9)13-12-8-6-10(4-2)15-12/h;3-8H,1-2H2/q-1;+1. The summed E-state index contributed by atoms with van der Waals surface area (Å²) in [6.07, 6.45) is -3.38. The van der Waals surface area contributed by atoms with Gasteiger partial charge >= 0.3 is 21.2 Å². The van der Waals surface area contributed by atoms with Crippen molar-refractivity contribution in [1.82, 2.24) is 0 Å². The van der Waals surface area contributed by atoms with Crippen LogP contribution >= 0.6 is 22.7 Å². The highest BCUT2D eigenvalue weighted by Crippen LogP contribution is 2.30. The number of rotatable bonds is 8. The van der Waals surface area contributed by atoms with Crippen molar-refractivity contribution in [2.45, 2.75) is 0 Å². The van der Waals surface area contributed by atoms with Crippen molar-refractivity contribution in [3.8, 4) is 0 Å². The summed E-state index contributed by atoms with van der Waals surface area (Å²) in [4.78, 5) is 2.54. The molecule has 0 saturated heterocycles. The Balaban J connectivity index is 0.000000379. The van der Waals surface area contributed by atoms with Crippen LogP contribution in [0.25, 0.3) is 12.2 Å². The van der Waals surface area contributed by atoms with Gasteiger partial charge in [0.2, 0.25) is 5.77 Å². The Kier molecular flexibility index (Phi) is 13.3. The minimum atomic E-state index is -7.22. The number of thiophene rings is 2. The Morgan fingerprint density at radius 1 is 0.317 bits per heavy atom. The van der Waals surface area contributed by atoms with Crippen LogP contribution in [0.2, 0.25) is 0 Å². The zero-order valence-electron chi connectivity index (χ0n) is 28.2. The second kappa shape index (κ2) is 17.3. The molecule has 24 heteroatoms. The van der Waals surface area contributed by atoms with E-state index >= 15 is 35.1 Å². The van der Waals surface area contributed by atoms with Crippen LogP contribution in [0.15, 0.2) is 37.4 Å². The first-order valence-corrected chi connectivity index (χ1v) is 19.1. The Labute approximate surface area is 339 Å². The van der Waals surface area contributed by atoms with Gasteiger partial charge in [0, 0.05) is 21.9 Å². The lowest BCUT2D eigenvalue weighted by atomic mass is 9.12. The van der Waals surface area contributed by atoms with Gasteiger partial charge in [-0.2, -0.15) is 0 Å². The molecule has 0 nitrogen and oxygen atoms in total. The summed E-state index contributed by atoms with van der Waals surface area (Å²) in [6, 6.07) is 8.74. The van der Waals surface area contributed by atoms with Crippen LogP contribution in [0.5, 0.6) is 0 Å². The summed E-state index contributed by atoms with van der Waals surface area (Å²) < 4.78 is 297.